The van der Waals surface area contributed by atoms with Crippen molar-refractivity contribution in [1.82, 2.24) is 25.1 Å². The molecule has 1 aliphatic rings. The van der Waals surface area contributed by atoms with Crippen molar-refractivity contribution >= 4 is 22.5 Å². The maximum atomic E-state index is 12.3. The minimum Gasteiger partial charge on any atom is -0.324 e. The molecule has 2 N–H and O–H groups in total. The summed E-state index contributed by atoms with van der Waals surface area (Å²) in [4.78, 5) is 22.9. The molecule has 2 aromatic rings. The maximum absolute atomic E-state index is 12.3. The van der Waals surface area contributed by atoms with E-state index in [2.05, 4.69) is 39.3 Å². The molecule has 0 bridgehead atoms. The number of carbonyl (C=O) groups excluding carboxylic acids is 1. The normalized spacial score (nSPS) is 18.2. The van der Waals surface area contributed by atoms with Crippen molar-refractivity contribution in [1.29, 1.82) is 0 Å². The lowest BCUT2D eigenvalue weighted by atomic mass is 10.1. The number of urea groups is 1. The second-order valence-electron chi connectivity index (χ2n) is 5.87. The molecule has 7 nitrogen and oxygen atoms in total. The average molecular weight is 320 g/mol. The molecule has 1 atom stereocenters. The van der Waals surface area contributed by atoms with Gasteiger partial charge in [0.05, 0.1) is 5.69 Å². The van der Waals surface area contributed by atoms with Crippen molar-refractivity contribution in [3.8, 4) is 0 Å². The van der Waals surface area contributed by atoms with Crippen LogP contribution in [0, 0.1) is 6.92 Å². The molecule has 1 aliphatic heterocycles. The molecule has 0 aromatic carbocycles. The van der Waals surface area contributed by atoms with Crippen LogP contribution in [0.3, 0.4) is 0 Å². The van der Waals surface area contributed by atoms with Crippen LogP contribution in [0.4, 0.5) is 9.93 Å². The van der Waals surface area contributed by atoms with Crippen LogP contribution in [-0.2, 0) is 0 Å². The summed E-state index contributed by atoms with van der Waals surface area (Å²) in [5.41, 5.74) is 1.01. The molecule has 3 rings (SSSR count). The Bertz CT molecular complexity index is 664. The topological polar surface area (TPSA) is 86.8 Å². The van der Waals surface area contributed by atoms with E-state index in [0.29, 0.717) is 24.1 Å². The van der Waals surface area contributed by atoms with E-state index < -0.39 is 0 Å². The molecule has 2 aromatic heterocycles. The van der Waals surface area contributed by atoms with E-state index in [-0.39, 0.29) is 11.9 Å². The number of aryl methyl sites for hydroxylation is 1. The molecule has 3 heterocycles. The van der Waals surface area contributed by atoms with Crippen molar-refractivity contribution < 1.29 is 4.79 Å². The third-order valence-corrected chi connectivity index (χ3v) is 4.56. The van der Waals surface area contributed by atoms with Gasteiger partial charge in [-0.3, -0.25) is 10.4 Å². The van der Waals surface area contributed by atoms with Crippen molar-refractivity contribution in [2.24, 2.45) is 0 Å². The lowest BCUT2D eigenvalue weighted by Gasteiger charge is -2.15. The SMILES string of the molecule is Cc1nc(C2CCN(C(=O)Nc3nc(C(C)C)cs3)C2)n[nH]1. The Morgan fingerprint density at radius 1 is 1.50 bits per heavy atom. The van der Waals surface area contributed by atoms with Crippen LogP contribution in [-0.4, -0.2) is 44.2 Å². The van der Waals surface area contributed by atoms with Gasteiger partial charge in [0.1, 0.15) is 5.82 Å². The number of hydrogen-bond donors (Lipinski definition) is 2. The Kier molecular flexibility index (Phi) is 4.10. The Labute approximate surface area is 133 Å². The van der Waals surface area contributed by atoms with Crippen LogP contribution >= 0.6 is 11.3 Å². The fourth-order valence-corrected chi connectivity index (χ4v) is 3.34. The Morgan fingerprint density at radius 2 is 2.32 bits per heavy atom. The lowest BCUT2D eigenvalue weighted by molar-refractivity contribution is 0.222. The fraction of sp³-hybridized carbons (Fsp3) is 0.571. The molecule has 8 heteroatoms. The third kappa shape index (κ3) is 3.11. The minimum absolute atomic E-state index is 0.0978. The Balaban J connectivity index is 1.59. The van der Waals surface area contributed by atoms with Crippen molar-refractivity contribution in [3.05, 3.63) is 22.7 Å². The number of amides is 2. The summed E-state index contributed by atoms with van der Waals surface area (Å²) in [6.45, 7) is 7.41. The van der Waals surface area contributed by atoms with Gasteiger partial charge in [0.25, 0.3) is 0 Å². The van der Waals surface area contributed by atoms with E-state index in [0.717, 1.165) is 23.8 Å². The zero-order valence-corrected chi connectivity index (χ0v) is 13.8. The highest BCUT2D eigenvalue weighted by Crippen LogP contribution is 2.26. The molecular weight excluding hydrogens is 300 g/mol. The largest absolute Gasteiger partial charge is 0.324 e. The Hall–Kier alpha value is -1.96. The molecule has 0 aliphatic carbocycles. The van der Waals surface area contributed by atoms with Crippen LogP contribution < -0.4 is 5.32 Å². The smallest absolute Gasteiger partial charge is 0.323 e. The highest BCUT2D eigenvalue weighted by Gasteiger charge is 2.30. The van der Waals surface area contributed by atoms with Gasteiger partial charge in [-0.1, -0.05) is 13.8 Å². The van der Waals surface area contributed by atoms with Gasteiger partial charge in [-0.15, -0.1) is 11.3 Å². The Morgan fingerprint density at radius 3 is 2.95 bits per heavy atom. The van der Waals surface area contributed by atoms with Crippen LogP contribution in [0.1, 0.15) is 49.4 Å². The van der Waals surface area contributed by atoms with Crippen LogP contribution in [0.5, 0.6) is 0 Å². The number of likely N-dealkylation sites (tertiary alicyclic amines) is 1. The maximum Gasteiger partial charge on any atom is 0.323 e. The molecule has 22 heavy (non-hydrogen) atoms. The van der Waals surface area contributed by atoms with Crippen LogP contribution in [0.2, 0.25) is 0 Å². The molecule has 1 saturated heterocycles. The number of aromatic amines is 1. The molecule has 1 unspecified atom stereocenters. The van der Waals surface area contributed by atoms with Gasteiger partial charge in [-0.25, -0.2) is 14.8 Å². The molecule has 0 radical (unpaired) electrons. The van der Waals surface area contributed by atoms with E-state index in [1.54, 1.807) is 4.90 Å². The van der Waals surface area contributed by atoms with Gasteiger partial charge in [0.2, 0.25) is 0 Å². The first-order chi connectivity index (χ1) is 10.5. The zero-order valence-electron chi connectivity index (χ0n) is 13.0. The zero-order chi connectivity index (χ0) is 15.7. The molecule has 1 fully saturated rings. The van der Waals surface area contributed by atoms with E-state index >= 15 is 0 Å². The molecule has 118 valence electrons. The molecule has 0 saturated carbocycles. The van der Waals surface area contributed by atoms with Gasteiger partial charge in [-0.05, 0) is 19.3 Å². The van der Waals surface area contributed by atoms with Crippen molar-refractivity contribution in [2.75, 3.05) is 18.4 Å². The average Bonchev–Trinajstić information content (AvgIpc) is 3.16. The van der Waals surface area contributed by atoms with Gasteiger partial charge in [0.15, 0.2) is 11.0 Å². The summed E-state index contributed by atoms with van der Waals surface area (Å²) >= 11 is 1.47. The van der Waals surface area contributed by atoms with Crippen LogP contribution in [0.15, 0.2) is 5.38 Å². The number of anilines is 1. The fourth-order valence-electron chi connectivity index (χ4n) is 2.48. The van der Waals surface area contributed by atoms with Crippen molar-refractivity contribution in [3.63, 3.8) is 0 Å². The summed E-state index contributed by atoms with van der Waals surface area (Å²) in [6.07, 6.45) is 0.889. The number of nitrogens with zero attached hydrogens (tertiary/aromatic N) is 4. The van der Waals surface area contributed by atoms with Gasteiger partial charge >= 0.3 is 6.03 Å². The van der Waals surface area contributed by atoms with E-state index in [1.807, 2.05) is 12.3 Å². The number of rotatable bonds is 3. The number of hydrogen-bond acceptors (Lipinski definition) is 5. The minimum atomic E-state index is -0.0978. The summed E-state index contributed by atoms with van der Waals surface area (Å²) in [7, 11) is 0. The van der Waals surface area contributed by atoms with E-state index in [4.69, 9.17) is 0 Å². The highest BCUT2D eigenvalue weighted by atomic mass is 32.1. The standard InChI is InChI=1S/C14H20N6OS/c1-8(2)11-7-22-13(16-11)17-14(21)20-5-4-10(6-20)12-15-9(3)18-19-12/h7-8,10H,4-6H2,1-3H3,(H,15,18,19)(H,16,17,21). The molecule has 2 amide bonds. The first-order valence-corrected chi connectivity index (χ1v) is 8.31. The number of thiazole rings is 1. The van der Waals surface area contributed by atoms with Crippen molar-refractivity contribution in [2.45, 2.75) is 39.0 Å². The first kappa shape index (κ1) is 15.0. The summed E-state index contributed by atoms with van der Waals surface area (Å²) < 4.78 is 0. The summed E-state index contributed by atoms with van der Waals surface area (Å²) in [6, 6.07) is -0.0978. The van der Waals surface area contributed by atoms with Crippen LogP contribution in [0.25, 0.3) is 0 Å². The third-order valence-electron chi connectivity index (χ3n) is 3.78. The number of aromatic nitrogens is 4. The molecular formula is C14H20N6OS. The van der Waals surface area contributed by atoms with Gasteiger partial charge < -0.3 is 4.90 Å². The number of H-pyrrole nitrogens is 1. The first-order valence-electron chi connectivity index (χ1n) is 7.43. The molecule has 0 spiro atoms. The van der Waals surface area contributed by atoms with Gasteiger partial charge in [0, 0.05) is 24.4 Å². The second kappa shape index (κ2) is 6.04. The number of carbonyl (C=O) groups is 1. The summed E-state index contributed by atoms with van der Waals surface area (Å²) in [5.74, 6) is 2.18. The van der Waals surface area contributed by atoms with E-state index in [1.165, 1.54) is 11.3 Å². The predicted molar refractivity (Wildman–Crippen MR) is 85.3 cm³/mol. The predicted octanol–water partition coefficient (Wildman–Crippen LogP) is 2.71. The lowest BCUT2D eigenvalue weighted by Crippen LogP contribution is -2.32. The quantitative estimate of drug-likeness (QED) is 0.910. The summed E-state index contributed by atoms with van der Waals surface area (Å²) in [5, 5.41) is 12.6. The van der Waals surface area contributed by atoms with Gasteiger partial charge in [-0.2, -0.15) is 5.10 Å². The second-order valence-corrected chi connectivity index (χ2v) is 6.73. The van der Waals surface area contributed by atoms with E-state index in [9.17, 15) is 4.79 Å². The monoisotopic (exact) mass is 320 g/mol. The highest BCUT2D eigenvalue weighted by molar-refractivity contribution is 7.13. The number of nitrogens with one attached hydrogen (secondary N) is 2.